The predicted octanol–water partition coefficient (Wildman–Crippen LogP) is 4.45. The van der Waals surface area contributed by atoms with E-state index in [9.17, 15) is 4.79 Å². The topological polar surface area (TPSA) is 64.7 Å². The lowest BCUT2D eigenvalue weighted by Gasteiger charge is -2.09. The van der Waals surface area contributed by atoms with Crippen molar-refractivity contribution in [1.82, 2.24) is 19.6 Å². The molecule has 1 amide bonds. The third kappa shape index (κ3) is 5.00. The van der Waals surface area contributed by atoms with Gasteiger partial charge in [-0.3, -0.25) is 4.79 Å². The molecular formula is C22H20BrN5O. The van der Waals surface area contributed by atoms with Gasteiger partial charge in [0.2, 0.25) is 5.91 Å². The van der Waals surface area contributed by atoms with E-state index in [0.29, 0.717) is 25.2 Å². The standard InChI is InChI=1S/C22H20BrN5O/c23-19-6-4-5-17(13-19)15-28-21(11-12-24-28)26-22(29)10-9-18-14-25-27(16-18)20-7-2-1-3-8-20/h1-8,11-14,16H,9-10,15H2,(H,26,29). The van der Waals surface area contributed by atoms with E-state index < -0.39 is 0 Å². The monoisotopic (exact) mass is 449 g/mol. The molecule has 29 heavy (non-hydrogen) atoms. The quantitative estimate of drug-likeness (QED) is 0.453. The fourth-order valence-electron chi connectivity index (χ4n) is 3.05. The Balaban J connectivity index is 1.34. The average Bonchev–Trinajstić information content (AvgIpc) is 3.37. The van der Waals surface area contributed by atoms with Crippen LogP contribution in [0.3, 0.4) is 0 Å². The maximum atomic E-state index is 12.4. The van der Waals surface area contributed by atoms with Crippen LogP contribution in [-0.4, -0.2) is 25.5 Å². The van der Waals surface area contributed by atoms with Gasteiger partial charge >= 0.3 is 0 Å². The van der Waals surface area contributed by atoms with Crippen molar-refractivity contribution in [2.75, 3.05) is 5.32 Å². The SMILES string of the molecule is O=C(CCc1cnn(-c2ccccc2)c1)Nc1ccnn1Cc1cccc(Br)c1. The van der Waals surface area contributed by atoms with Crippen LogP contribution in [-0.2, 0) is 17.8 Å². The van der Waals surface area contributed by atoms with E-state index in [1.54, 1.807) is 17.1 Å². The van der Waals surface area contributed by atoms with Gasteiger partial charge in [0.15, 0.2) is 0 Å². The molecule has 0 saturated carbocycles. The summed E-state index contributed by atoms with van der Waals surface area (Å²) in [5.74, 6) is 0.642. The van der Waals surface area contributed by atoms with E-state index in [0.717, 1.165) is 21.3 Å². The van der Waals surface area contributed by atoms with Crippen molar-refractivity contribution >= 4 is 27.7 Å². The van der Waals surface area contributed by atoms with Crippen LogP contribution in [0, 0.1) is 0 Å². The lowest BCUT2D eigenvalue weighted by atomic mass is 10.2. The van der Waals surface area contributed by atoms with Crippen LogP contribution in [0.15, 0.2) is 83.7 Å². The van der Waals surface area contributed by atoms with Gasteiger partial charge in [0, 0.05) is 23.2 Å². The number of amides is 1. The van der Waals surface area contributed by atoms with Gasteiger partial charge in [-0.2, -0.15) is 10.2 Å². The number of halogens is 1. The van der Waals surface area contributed by atoms with Gasteiger partial charge in [0.1, 0.15) is 5.82 Å². The van der Waals surface area contributed by atoms with E-state index in [4.69, 9.17) is 0 Å². The van der Waals surface area contributed by atoms with E-state index in [-0.39, 0.29) is 5.91 Å². The number of nitrogens with zero attached hydrogens (tertiary/aromatic N) is 4. The second-order valence-electron chi connectivity index (χ2n) is 6.68. The molecule has 7 heteroatoms. The summed E-state index contributed by atoms with van der Waals surface area (Å²) in [5, 5.41) is 11.7. The van der Waals surface area contributed by atoms with Gasteiger partial charge in [-0.15, -0.1) is 0 Å². The molecular weight excluding hydrogens is 430 g/mol. The highest BCUT2D eigenvalue weighted by Crippen LogP contribution is 2.15. The maximum Gasteiger partial charge on any atom is 0.225 e. The van der Waals surface area contributed by atoms with Crippen LogP contribution in [0.25, 0.3) is 5.69 Å². The molecule has 1 N–H and O–H groups in total. The molecule has 0 radical (unpaired) electrons. The highest BCUT2D eigenvalue weighted by molar-refractivity contribution is 9.10. The number of rotatable bonds is 7. The zero-order valence-corrected chi connectivity index (χ0v) is 17.3. The summed E-state index contributed by atoms with van der Waals surface area (Å²) >= 11 is 3.48. The highest BCUT2D eigenvalue weighted by atomic mass is 79.9. The van der Waals surface area contributed by atoms with Gasteiger partial charge in [-0.1, -0.05) is 46.3 Å². The number of nitrogens with one attached hydrogen (secondary N) is 1. The summed E-state index contributed by atoms with van der Waals surface area (Å²) in [5.41, 5.74) is 3.12. The number of aryl methyl sites for hydroxylation is 1. The summed E-state index contributed by atoms with van der Waals surface area (Å²) in [6.07, 6.45) is 6.45. The Morgan fingerprint density at radius 1 is 1.00 bits per heavy atom. The maximum absolute atomic E-state index is 12.4. The Morgan fingerprint density at radius 3 is 2.69 bits per heavy atom. The summed E-state index contributed by atoms with van der Waals surface area (Å²) < 4.78 is 4.62. The number of carbonyl (C=O) groups is 1. The summed E-state index contributed by atoms with van der Waals surface area (Å²) in [6.45, 7) is 0.589. The number of para-hydroxylation sites is 1. The first-order valence-electron chi connectivity index (χ1n) is 9.32. The van der Waals surface area contributed by atoms with Crippen molar-refractivity contribution in [3.8, 4) is 5.69 Å². The van der Waals surface area contributed by atoms with Crippen LogP contribution < -0.4 is 5.32 Å². The number of hydrogen-bond donors (Lipinski definition) is 1. The summed E-state index contributed by atoms with van der Waals surface area (Å²) in [6, 6.07) is 19.8. The summed E-state index contributed by atoms with van der Waals surface area (Å²) in [4.78, 5) is 12.4. The molecule has 2 heterocycles. The van der Waals surface area contributed by atoms with Crippen molar-refractivity contribution in [3.63, 3.8) is 0 Å². The fraction of sp³-hybridized carbons (Fsp3) is 0.136. The molecule has 0 saturated heterocycles. The first-order valence-corrected chi connectivity index (χ1v) is 10.1. The van der Waals surface area contributed by atoms with Gasteiger partial charge in [-0.05, 0) is 41.8 Å². The Morgan fingerprint density at radius 2 is 1.86 bits per heavy atom. The second kappa shape index (κ2) is 8.87. The van der Waals surface area contributed by atoms with E-state index in [1.807, 2.05) is 71.5 Å². The normalized spacial score (nSPS) is 10.8. The molecule has 0 fully saturated rings. The lowest BCUT2D eigenvalue weighted by Crippen LogP contribution is -2.16. The smallest absolute Gasteiger partial charge is 0.225 e. The Bertz CT molecular complexity index is 1100. The Labute approximate surface area is 177 Å². The van der Waals surface area contributed by atoms with Crippen molar-refractivity contribution in [3.05, 3.63) is 94.9 Å². The Kier molecular flexibility index (Phi) is 5.86. The molecule has 6 nitrogen and oxygen atoms in total. The van der Waals surface area contributed by atoms with E-state index in [1.165, 1.54) is 0 Å². The minimum absolute atomic E-state index is 0.0477. The molecule has 0 atom stereocenters. The van der Waals surface area contributed by atoms with Crippen LogP contribution in [0.2, 0.25) is 0 Å². The van der Waals surface area contributed by atoms with Crippen LogP contribution in [0.5, 0.6) is 0 Å². The lowest BCUT2D eigenvalue weighted by molar-refractivity contribution is -0.116. The van der Waals surface area contributed by atoms with Crippen molar-refractivity contribution in [2.45, 2.75) is 19.4 Å². The zero-order chi connectivity index (χ0) is 20.1. The first kappa shape index (κ1) is 19.1. The molecule has 4 rings (SSSR count). The van der Waals surface area contributed by atoms with Crippen molar-refractivity contribution in [1.29, 1.82) is 0 Å². The third-order valence-corrected chi connectivity index (χ3v) is 5.00. The fourth-order valence-corrected chi connectivity index (χ4v) is 3.49. The molecule has 0 aliphatic heterocycles. The van der Waals surface area contributed by atoms with E-state index in [2.05, 4.69) is 31.4 Å². The van der Waals surface area contributed by atoms with Gasteiger partial charge in [-0.25, -0.2) is 9.36 Å². The molecule has 4 aromatic rings. The molecule has 0 bridgehead atoms. The van der Waals surface area contributed by atoms with Crippen molar-refractivity contribution < 1.29 is 4.79 Å². The Hall–Kier alpha value is -3.19. The number of benzene rings is 2. The molecule has 0 aliphatic rings. The minimum atomic E-state index is -0.0477. The summed E-state index contributed by atoms with van der Waals surface area (Å²) in [7, 11) is 0. The number of aromatic nitrogens is 4. The van der Waals surface area contributed by atoms with E-state index >= 15 is 0 Å². The molecule has 0 spiro atoms. The van der Waals surface area contributed by atoms with Crippen LogP contribution in [0.4, 0.5) is 5.82 Å². The van der Waals surface area contributed by atoms with Crippen LogP contribution >= 0.6 is 15.9 Å². The van der Waals surface area contributed by atoms with Crippen molar-refractivity contribution in [2.24, 2.45) is 0 Å². The third-order valence-electron chi connectivity index (χ3n) is 4.50. The largest absolute Gasteiger partial charge is 0.311 e. The molecule has 146 valence electrons. The zero-order valence-electron chi connectivity index (χ0n) is 15.7. The number of anilines is 1. The average molecular weight is 450 g/mol. The molecule has 0 aliphatic carbocycles. The number of carbonyl (C=O) groups excluding carboxylic acids is 1. The highest BCUT2D eigenvalue weighted by Gasteiger charge is 2.09. The van der Waals surface area contributed by atoms with Gasteiger partial charge in [0.05, 0.1) is 24.6 Å². The molecule has 2 aromatic carbocycles. The second-order valence-corrected chi connectivity index (χ2v) is 7.60. The van der Waals surface area contributed by atoms with Gasteiger partial charge in [0.25, 0.3) is 0 Å². The van der Waals surface area contributed by atoms with Gasteiger partial charge < -0.3 is 5.32 Å². The predicted molar refractivity (Wildman–Crippen MR) is 116 cm³/mol. The molecule has 0 unspecified atom stereocenters. The van der Waals surface area contributed by atoms with Crippen LogP contribution in [0.1, 0.15) is 17.5 Å². The number of hydrogen-bond acceptors (Lipinski definition) is 3. The first-order chi connectivity index (χ1) is 14.2. The molecule has 2 aromatic heterocycles. The minimum Gasteiger partial charge on any atom is -0.311 e.